The molecule has 2 aromatic rings. The number of aryl methyl sites for hydroxylation is 2. The third-order valence-electron chi connectivity index (χ3n) is 5.04. The van der Waals surface area contributed by atoms with Crippen molar-refractivity contribution in [3.63, 3.8) is 0 Å². The second-order valence-corrected chi connectivity index (χ2v) is 6.83. The lowest BCUT2D eigenvalue weighted by molar-refractivity contribution is 0.0741. The van der Waals surface area contributed by atoms with Crippen LogP contribution in [0.25, 0.3) is 5.69 Å². The van der Waals surface area contributed by atoms with Crippen LogP contribution >= 0.6 is 0 Å². The monoisotopic (exact) mass is 326 g/mol. The number of rotatable bonds is 4. The zero-order valence-corrected chi connectivity index (χ0v) is 15.0. The number of likely N-dealkylation sites (N-methyl/N-ethyl adjacent to an activating group) is 1. The van der Waals surface area contributed by atoms with Gasteiger partial charge in [0.2, 0.25) is 0 Å². The van der Waals surface area contributed by atoms with Crippen LogP contribution in [0.4, 0.5) is 0 Å². The Labute approximate surface area is 143 Å². The van der Waals surface area contributed by atoms with Gasteiger partial charge in [0.15, 0.2) is 5.69 Å². The van der Waals surface area contributed by atoms with Crippen molar-refractivity contribution in [1.29, 1.82) is 0 Å². The zero-order valence-electron chi connectivity index (χ0n) is 15.0. The van der Waals surface area contributed by atoms with Gasteiger partial charge in [-0.1, -0.05) is 17.7 Å². The molecule has 1 unspecified atom stereocenters. The van der Waals surface area contributed by atoms with E-state index in [1.54, 1.807) is 11.9 Å². The molecule has 1 aromatic carbocycles. The largest absolute Gasteiger partial charge is 0.336 e. The van der Waals surface area contributed by atoms with Crippen LogP contribution in [-0.4, -0.2) is 40.2 Å². The number of carbonyl (C=O) groups is 1. The maximum atomic E-state index is 12.9. The number of nitrogens with zero attached hydrogens (tertiary/aromatic N) is 3. The molecule has 0 aliphatic heterocycles. The SMILES string of the molecule is Cc1ccc(-n2nc(C(=O)N(C)C(C)CN)c3c2CCC3)c(C)c1. The molecule has 1 atom stereocenters. The molecule has 1 amide bonds. The number of hydrogen-bond acceptors (Lipinski definition) is 3. The van der Waals surface area contributed by atoms with Crippen LogP contribution in [0, 0.1) is 13.8 Å². The van der Waals surface area contributed by atoms with Gasteiger partial charge in [-0.3, -0.25) is 4.79 Å². The Kier molecular flexibility index (Phi) is 4.45. The summed E-state index contributed by atoms with van der Waals surface area (Å²) >= 11 is 0. The van der Waals surface area contributed by atoms with Gasteiger partial charge in [0.05, 0.1) is 5.69 Å². The number of nitrogens with two attached hydrogens (primary N) is 1. The maximum Gasteiger partial charge on any atom is 0.274 e. The van der Waals surface area contributed by atoms with Gasteiger partial charge in [0.1, 0.15) is 0 Å². The van der Waals surface area contributed by atoms with Gasteiger partial charge in [0, 0.05) is 30.9 Å². The van der Waals surface area contributed by atoms with Crippen molar-refractivity contribution < 1.29 is 4.79 Å². The lowest BCUT2D eigenvalue weighted by Crippen LogP contribution is -2.40. The van der Waals surface area contributed by atoms with E-state index in [9.17, 15) is 4.79 Å². The zero-order chi connectivity index (χ0) is 17.4. The van der Waals surface area contributed by atoms with E-state index < -0.39 is 0 Å². The lowest BCUT2D eigenvalue weighted by Gasteiger charge is -2.23. The van der Waals surface area contributed by atoms with Crippen molar-refractivity contribution in [3.8, 4) is 5.69 Å². The number of amides is 1. The molecule has 0 radical (unpaired) electrons. The fraction of sp³-hybridized carbons (Fsp3) is 0.474. The standard InChI is InChI=1S/C19H26N4O/c1-12-8-9-16(13(2)10-12)23-17-7-5-6-15(17)18(21-23)19(24)22(4)14(3)11-20/h8-10,14H,5-7,11,20H2,1-4H3. The van der Waals surface area contributed by atoms with E-state index >= 15 is 0 Å². The molecule has 5 nitrogen and oxygen atoms in total. The second-order valence-electron chi connectivity index (χ2n) is 6.83. The summed E-state index contributed by atoms with van der Waals surface area (Å²) in [7, 11) is 1.80. The number of aromatic nitrogens is 2. The van der Waals surface area contributed by atoms with Gasteiger partial charge in [-0.15, -0.1) is 0 Å². The highest BCUT2D eigenvalue weighted by Crippen LogP contribution is 2.29. The summed E-state index contributed by atoms with van der Waals surface area (Å²) < 4.78 is 1.98. The third-order valence-corrected chi connectivity index (χ3v) is 5.04. The highest BCUT2D eigenvalue weighted by Gasteiger charge is 2.29. The Hall–Kier alpha value is -2.14. The maximum absolute atomic E-state index is 12.9. The third kappa shape index (κ3) is 2.73. The number of benzene rings is 1. The first-order valence-electron chi connectivity index (χ1n) is 8.59. The molecule has 128 valence electrons. The Bertz CT molecular complexity index is 778. The molecule has 3 rings (SSSR count). The van der Waals surface area contributed by atoms with Crippen molar-refractivity contribution in [2.45, 2.75) is 46.1 Å². The summed E-state index contributed by atoms with van der Waals surface area (Å²) in [6, 6.07) is 6.34. The van der Waals surface area contributed by atoms with Gasteiger partial charge >= 0.3 is 0 Å². The minimum atomic E-state index is -0.0328. The molecule has 0 fully saturated rings. The molecule has 0 saturated heterocycles. The molecule has 1 aromatic heterocycles. The first-order valence-corrected chi connectivity index (χ1v) is 8.59. The molecule has 0 bridgehead atoms. The average Bonchev–Trinajstić information content (AvgIpc) is 3.15. The molecular weight excluding hydrogens is 300 g/mol. The summed E-state index contributed by atoms with van der Waals surface area (Å²) in [5, 5.41) is 4.71. The van der Waals surface area contributed by atoms with Crippen molar-refractivity contribution in [2.24, 2.45) is 5.73 Å². The Morgan fingerprint density at radius 1 is 1.38 bits per heavy atom. The topological polar surface area (TPSA) is 64.2 Å². The molecule has 1 aliphatic rings. The smallest absolute Gasteiger partial charge is 0.274 e. The van der Waals surface area contributed by atoms with E-state index in [4.69, 9.17) is 10.8 Å². The molecule has 0 spiro atoms. The summed E-state index contributed by atoms with van der Waals surface area (Å²) in [5.41, 5.74) is 12.1. The van der Waals surface area contributed by atoms with Crippen LogP contribution in [0.3, 0.4) is 0 Å². The van der Waals surface area contributed by atoms with Crippen molar-refractivity contribution in [1.82, 2.24) is 14.7 Å². The molecule has 2 N–H and O–H groups in total. The molecule has 24 heavy (non-hydrogen) atoms. The molecule has 1 aliphatic carbocycles. The fourth-order valence-corrected chi connectivity index (χ4v) is 3.38. The highest BCUT2D eigenvalue weighted by molar-refractivity contribution is 5.94. The lowest BCUT2D eigenvalue weighted by atomic mass is 10.1. The van der Waals surface area contributed by atoms with Crippen LogP contribution in [0.15, 0.2) is 18.2 Å². The second kappa shape index (κ2) is 6.40. The van der Waals surface area contributed by atoms with E-state index in [1.165, 1.54) is 16.8 Å². The van der Waals surface area contributed by atoms with Crippen LogP contribution in [0.5, 0.6) is 0 Å². The molecule has 5 heteroatoms. The normalized spacial score (nSPS) is 14.5. The van der Waals surface area contributed by atoms with Crippen LogP contribution in [0.2, 0.25) is 0 Å². The van der Waals surface area contributed by atoms with E-state index in [0.29, 0.717) is 12.2 Å². The summed E-state index contributed by atoms with van der Waals surface area (Å²) in [4.78, 5) is 14.6. The van der Waals surface area contributed by atoms with Crippen molar-refractivity contribution in [2.75, 3.05) is 13.6 Å². The molecular formula is C19H26N4O. The van der Waals surface area contributed by atoms with Crippen LogP contribution in [0.1, 0.15) is 46.2 Å². The summed E-state index contributed by atoms with van der Waals surface area (Å²) in [6.07, 6.45) is 2.97. The minimum Gasteiger partial charge on any atom is -0.336 e. The molecule has 1 heterocycles. The van der Waals surface area contributed by atoms with Gasteiger partial charge in [-0.05, 0) is 51.7 Å². The first-order chi connectivity index (χ1) is 11.4. The fourth-order valence-electron chi connectivity index (χ4n) is 3.38. The average molecular weight is 326 g/mol. The predicted molar refractivity (Wildman–Crippen MR) is 95.7 cm³/mol. The van der Waals surface area contributed by atoms with Crippen LogP contribution < -0.4 is 5.73 Å². The highest BCUT2D eigenvalue weighted by atomic mass is 16.2. The van der Waals surface area contributed by atoms with Crippen molar-refractivity contribution >= 4 is 5.91 Å². The number of fused-ring (bicyclic) bond motifs is 1. The van der Waals surface area contributed by atoms with Crippen molar-refractivity contribution in [3.05, 3.63) is 46.3 Å². The van der Waals surface area contributed by atoms with E-state index in [2.05, 4.69) is 32.0 Å². The summed E-state index contributed by atoms with van der Waals surface area (Å²) in [5.74, 6) is -0.0328. The Morgan fingerprint density at radius 2 is 2.12 bits per heavy atom. The summed E-state index contributed by atoms with van der Waals surface area (Å²) in [6.45, 7) is 6.58. The van der Waals surface area contributed by atoms with Gasteiger partial charge in [0.25, 0.3) is 5.91 Å². The predicted octanol–water partition coefficient (Wildman–Crippen LogP) is 2.40. The quantitative estimate of drug-likeness (QED) is 0.938. The number of hydrogen-bond donors (Lipinski definition) is 1. The minimum absolute atomic E-state index is 0.000754. The Morgan fingerprint density at radius 3 is 2.79 bits per heavy atom. The van der Waals surface area contributed by atoms with Crippen LogP contribution in [-0.2, 0) is 12.8 Å². The Balaban J connectivity index is 2.07. The molecule has 0 saturated carbocycles. The first kappa shape index (κ1) is 16.7. The van der Waals surface area contributed by atoms with E-state index in [1.807, 2.05) is 11.6 Å². The van der Waals surface area contributed by atoms with E-state index in [-0.39, 0.29) is 11.9 Å². The van der Waals surface area contributed by atoms with Gasteiger partial charge < -0.3 is 10.6 Å². The van der Waals surface area contributed by atoms with Gasteiger partial charge in [-0.2, -0.15) is 5.10 Å². The number of carbonyl (C=O) groups excluding carboxylic acids is 1. The van der Waals surface area contributed by atoms with E-state index in [0.717, 1.165) is 30.5 Å². The van der Waals surface area contributed by atoms with Gasteiger partial charge in [-0.25, -0.2) is 4.68 Å².